The maximum Gasteiger partial charge on any atom is 0.416 e. The molecule has 2 aliphatic rings. The van der Waals surface area contributed by atoms with Gasteiger partial charge >= 0.3 is 12.3 Å². The van der Waals surface area contributed by atoms with Crippen molar-refractivity contribution in [3.63, 3.8) is 0 Å². The van der Waals surface area contributed by atoms with E-state index in [1.54, 1.807) is 4.90 Å². The first kappa shape index (κ1) is 22.0. The Hall–Kier alpha value is -3.23. The summed E-state index contributed by atoms with van der Waals surface area (Å²) in [6.45, 7) is 0.811. The van der Waals surface area contributed by atoms with Crippen LogP contribution in [0.25, 0.3) is 0 Å². The van der Waals surface area contributed by atoms with Crippen LogP contribution in [-0.4, -0.2) is 48.0 Å². The number of carbonyl (C=O) groups excluding carboxylic acids is 2. The molecule has 2 aliphatic heterocycles. The monoisotopic (exact) mass is 448 g/mol. The van der Waals surface area contributed by atoms with Crippen LogP contribution >= 0.6 is 0 Å². The van der Waals surface area contributed by atoms with Crippen LogP contribution < -0.4 is 4.74 Å². The molecule has 0 aromatic heterocycles. The second kappa shape index (κ2) is 9.10. The van der Waals surface area contributed by atoms with Crippen molar-refractivity contribution in [2.24, 2.45) is 0 Å². The lowest BCUT2D eigenvalue weighted by atomic mass is 9.98. The molecule has 1 atom stereocenters. The molecule has 6 nitrogen and oxygen atoms in total. The minimum Gasteiger partial charge on any atom is -0.493 e. The number of hydrogen-bond acceptors (Lipinski definition) is 4. The van der Waals surface area contributed by atoms with E-state index in [0.29, 0.717) is 18.4 Å². The molecular formula is C23H23F3N2O4. The molecule has 1 saturated heterocycles. The van der Waals surface area contributed by atoms with Gasteiger partial charge in [-0.2, -0.15) is 13.2 Å². The Bertz CT molecular complexity index is 981. The number of piperazine rings is 1. The number of ether oxygens (including phenoxy) is 2. The lowest BCUT2D eigenvalue weighted by Crippen LogP contribution is -2.53. The molecule has 2 amide bonds. The third-order valence-corrected chi connectivity index (χ3v) is 5.68. The first-order chi connectivity index (χ1) is 15.3. The van der Waals surface area contributed by atoms with Gasteiger partial charge in [-0.15, -0.1) is 0 Å². The fraction of sp³-hybridized carbons (Fsp3) is 0.391. The molecule has 0 spiro atoms. The van der Waals surface area contributed by atoms with Crippen LogP contribution in [0.3, 0.4) is 0 Å². The van der Waals surface area contributed by atoms with Crippen molar-refractivity contribution in [3.05, 3.63) is 65.2 Å². The van der Waals surface area contributed by atoms with Crippen LogP contribution in [0.1, 0.15) is 35.6 Å². The summed E-state index contributed by atoms with van der Waals surface area (Å²) in [5.74, 6) is -0.120. The number of rotatable bonds is 3. The van der Waals surface area contributed by atoms with Gasteiger partial charge in [0.2, 0.25) is 5.91 Å². The second-order valence-corrected chi connectivity index (χ2v) is 7.81. The lowest BCUT2D eigenvalue weighted by molar-refractivity contribution is -0.139. The Kier molecular flexibility index (Phi) is 6.25. The highest BCUT2D eigenvalue weighted by atomic mass is 19.4. The maximum absolute atomic E-state index is 13.1. The summed E-state index contributed by atoms with van der Waals surface area (Å²) in [5.41, 5.74) is 0.622. The van der Waals surface area contributed by atoms with Crippen LogP contribution in [0.2, 0.25) is 0 Å². The van der Waals surface area contributed by atoms with Gasteiger partial charge in [0, 0.05) is 18.7 Å². The molecule has 0 radical (unpaired) electrons. The SMILES string of the molecule is O=C(OCc1ccccc1)N1CCN(C2CCCOc3cc(C(F)(F)F)ccc32)C(=O)C1. The summed E-state index contributed by atoms with van der Waals surface area (Å²) in [4.78, 5) is 28.3. The van der Waals surface area contributed by atoms with Gasteiger partial charge in [0.25, 0.3) is 0 Å². The molecule has 2 heterocycles. The van der Waals surface area contributed by atoms with E-state index in [1.807, 2.05) is 30.3 Å². The van der Waals surface area contributed by atoms with Crippen LogP contribution in [0, 0.1) is 0 Å². The van der Waals surface area contributed by atoms with Crippen LogP contribution in [0.15, 0.2) is 48.5 Å². The molecule has 0 aliphatic carbocycles. The van der Waals surface area contributed by atoms with E-state index < -0.39 is 23.9 Å². The molecule has 170 valence electrons. The Morgan fingerprint density at radius 1 is 1.12 bits per heavy atom. The summed E-state index contributed by atoms with van der Waals surface area (Å²) in [6, 6.07) is 12.2. The molecule has 0 N–H and O–H groups in total. The van der Waals surface area contributed by atoms with Crippen molar-refractivity contribution >= 4 is 12.0 Å². The number of carbonyl (C=O) groups is 2. The van der Waals surface area contributed by atoms with E-state index >= 15 is 0 Å². The van der Waals surface area contributed by atoms with Crippen molar-refractivity contribution in [2.75, 3.05) is 26.2 Å². The van der Waals surface area contributed by atoms with Gasteiger partial charge in [0.15, 0.2) is 0 Å². The van der Waals surface area contributed by atoms with Crippen molar-refractivity contribution in [3.8, 4) is 5.75 Å². The molecule has 0 bridgehead atoms. The predicted octanol–water partition coefficient (Wildman–Crippen LogP) is 4.40. The number of nitrogens with zero attached hydrogens (tertiary/aromatic N) is 2. The number of amides is 2. The summed E-state index contributed by atoms with van der Waals surface area (Å²) in [6.07, 6.45) is -3.86. The molecule has 9 heteroatoms. The topological polar surface area (TPSA) is 59.1 Å². The first-order valence-corrected chi connectivity index (χ1v) is 10.4. The molecule has 1 unspecified atom stereocenters. The van der Waals surface area contributed by atoms with Crippen molar-refractivity contribution < 1.29 is 32.2 Å². The zero-order chi connectivity index (χ0) is 22.7. The largest absolute Gasteiger partial charge is 0.493 e. The highest BCUT2D eigenvalue weighted by Gasteiger charge is 2.37. The normalized spacial score (nSPS) is 19.1. The van der Waals surface area contributed by atoms with Gasteiger partial charge in [-0.25, -0.2) is 4.79 Å². The van der Waals surface area contributed by atoms with Crippen molar-refractivity contribution in [2.45, 2.75) is 31.7 Å². The molecule has 4 rings (SSSR count). The summed E-state index contributed by atoms with van der Waals surface area (Å²) in [7, 11) is 0. The van der Waals surface area contributed by atoms with E-state index in [1.165, 1.54) is 11.0 Å². The number of alkyl halides is 3. The minimum atomic E-state index is -4.47. The Labute approximate surface area is 183 Å². The van der Waals surface area contributed by atoms with E-state index in [4.69, 9.17) is 9.47 Å². The second-order valence-electron chi connectivity index (χ2n) is 7.81. The van der Waals surface area contributed by atoms with Gasteiger partial charge in [-0.3, -0.25) is 9.69 Å². The average molecular weight is 448 g/mol. The first-order valence-electron chi connectivity index (χ1n) is 10.4. The highest BCUT2D eigenvalue weighted by Crippen LogP contribution is 2.40. The smallest absolute Gasteiger partial charge is 0.416 e. The molecule has 32 heavy (non-hydrogen) atoms. The number of halogens is 3. The van der Waals surface area contributed by atoms with Gasteiger partial charge in [-0.1, -0.05) is 36.4 Å². The van der Waals surface area contributed by atoms with Gasteiger partial charge < -0.3 is 14.4 Å². The fourth-order valence-electron chi connectivity index (χ4n) is 4.03. The van der Waals surface area contributed by atoms with Gasteiger partial charge in [0.05, 0.1) is 18.2 Å². The molecular weight excluding hydrogens is 425 g/mol. The number of fused-ring (bicyclic) bond motifs is 1. The highest BCUT2D eigenvalue weighted by molar-refractivity contribution is 5.84. The van der Waals surface area contributed by atoms with E-state index in [9.17, 15) is 22.8 Å². The Balaban J connectivity index is 1.43. The molecule has 0 saturated carbocycles. The van der Waals surface area contributed by atoms with Crippen molar-refractivity contribution in [1.29, 1.82) is 0 Å². The van der Waals surface area contributed by atoms with Gasteiger partial charge in [0.1, 0.15) is 18.9 Å². The minimum absolute atomic E-state index is 0.114. The fourth-order valence-corrected chi connectivity index (χ4v) is 4.03. The maximum atomic E-state index is 13.1. The zero-order valence-corrected chi connectivity index (χ0v) is 17.3. The van der Waals surface area contributed by atoms with E-state index in [-0.39, 0.29) is 44.5 Å². The van der Waals surface area contributed by atoms with Crippen LogP contribution in [0.4, 0.5) is 18.0 Å². The Morgan fingerprint density at radius 3 is 2.62 bits per heavy atom. The number of benzene rings is 2. The number of hydrogen-bond donors (Lipinski definition) is 0. The summed E-state index contributed by atoms with van der Waals surface area (Å²) in [5, 5.41) is 0. The predicted molar refractivity (Wildman–Crippen MR) is 109 cm³/mol. The standard InChI is InChI=1S/C23H23F3N2O4/c24-23(25,26)17-8-9-18-19(7-4-12-31-20(18)13-17)28-11-10-27(14-21(28)29)22(30)32-15-16-5-2-1-3-6-16/h1-3,5-6,8-9,13,19H,4,7,10-12,14-15H2. The summed E-state index contributed by atoms with van der Waals surface area (Å²) < 4.78 is 50.1. The zero-order valence-electron chi connectivity index (χ0n) is 17.3. The third kappa shape index (κ3) is 4.81. The lowest BCUT2D eigenvalue weighted by Gasteiger charge is -2.38. The van der Waals surface area contributed by atoms with E-state index in [0.717, 1.165) is 17.7 Å². The molecule has 2 aromatic carbocycles. The molecule has 1 fully saturated rings. The van der Waals surface area contributed by atoms with E-state index in [2.05, 4.69) is 0 Å². The van der Waals surface area contributed by atoms with Crippen LogP contribution in [0.5, 0.6) is 5.75 Å². The Morgan fingerprint density at radius 2 is 1.91 bits per heavy atom. The average Bonchev–Trinajstić information content (AvgIpc) is 2.99. The third-order valence-electron chi connectivity index (χ3n) is 5.68. The summed E-state index contributed by atoms with van der Waals surface area (Å²) >= 11 is 0. The van der Waals surface area contributed by atoms with Crippen LogP contribution in [-0.2, 0) is 22.3 Å². The molecule has 2 aromatic rings. The van der Waals surface area contributed by atoms with Gasteiger partial charge in [-0.05, 0) is 30.5 Å². The van der Waals surface area contributed by atoms with Crippen molar-refractivity contribution in [1.82, 2.24) is 9.80 Å². The quantitative estimate of drug-likeness (QED) is 0.699.